The molecular formula is C18H21N3O4S. The van der Waals surface area contributed by atoms with Gasteiger partial charge < -0.3 is 14.6 Å². The van der Waals surface area contributed by atoms with Crippen LogP contribution in [0.3, 0.4) is 0 Å². The van der Waals surface area contributed by atoms with Crippen molar-refractivity contribution in [2.45, 2.75) is 11.3 Å². The fourth-order valence-electron chi connectivity index (χ4n) is 2.31. The molecule has 1 heterocycles. The topological polar surface area (TPSA) is 89.4 Å². The largest absolute Gasteiger partial charge is 0.481 e. The Morgan fingerprint density at radius 3 is 2.62 bits per heavy atom. The summed E-state index contributed by atoms with van der Waals surface area (Å²) in [5.74, 6) is 2.76. The maximum absolute atomic E-state index is 12.3. The number of rotatable bonds is 8. The number of hydrogen-bond acceptors (Lipinski definition) is 4. The Morgan fingerprint density at radius 2 is 2.00 bits per heavy atom. The number of amides is 1. The van der Waals surface area contributed by atoms with Crippen LogP contribution in [-0.2, 0) is 23.5 Å². The van der Waals surface area contributed by atoms with E-state index in [2.05, 4.69) is 16.0 Å². The lowest BCUT2D eigenvalue weighted by atomic mass is 10.1. The maximum Gasteiger partial charge on any atom is 0.267 e. The minimum Gasteiger partial charge on any atom is -0.481 e. The van der Waals surface area contributed by atoms with Gasteiger partial charge in [0.25, 0.3) is 5.91 Å². The van der Waals surface area contributed by atoms with E-state index >= 15 is 0 Å². The van der Waals surface area contributed by atoms with Crippen LogP contribution in [0.15, 0.2) is 41.4 Å². The summed E-state index contributed by atoms with van der Waals surface area (Å²) in [5.41, 5.74) is 1.31. The van der Waals surface area contributed by atoms with Gasteiger partial charge in [-0.15, -0.1) is 6.42 Å². The molecule has 0 unspecified atom stereocenters. The molecule has 2 aromatic rings. The van der Waals surface area contributed by atoms with Gasteiger partial charge >= 0.3 is 0 Å². The van der Waals surface area contributed by atoms with Gasteiger partial charge in [-0.3, -0.25) is 4.79 Å². The van der Waals surface area contributed by atoms with Crippen molar-refractivity contribution in [2.75, 3.05) is 20.2 Å². The highest BCUT2D eigenvalue weighted by Crippen LogP contribution is 2.14. The van der Waals surface area contributed by atoms with E-state index in [1.165, 1.54) is 23.9 Å². The van der Waals surface area contributed by atoms with Crippen molar-refractivity contribution in [3.63, 3.8) is 0 Å². The van der Waals surface area contributed by atoms with Crippen molar-refractivity contribution in [1.82, 2.24) is 14.6 Å². The first-order valence-corrected chi connectivity index (χ1v) is 9.39. The minimum atomic E-state index is -3.58. The van der Waals surface area contributed by atoms with Crippen LogP contribution in [0.2, 0.25) is 0 Å². The van der Waals surface area contributed by atoms with Crippen molar-refractivity contribution in [3.05, 3.63) is 47.8 Å². The second-order valence-corrected chi connectivity index (χ2v) is 7.41. The molecule has 138 valence electrons. The molecule has 1 amide bonds. The van der Waals surface area contributed by atoms with Crippen LogP contribution in [0.1, 0.15) is 16.1 Å². The highest BCUT2D eigenvalue weighted by atomic mass is 32.2. The summed E-state index contributed by atoms with van der Waals surface area (Å²) in [6, 6.07) is 8.79. The lowest BCUT2D eigenvalue weighted by Gasteiger charge is -2.07. The third-order valence-electron chi connectivity index (χ3n) is 3.74. The standard InChI is InChI=1S/C18H21N3O4S/c1-4-11-25-15-7-5-14(6-8-15)9-10-20-18(22)17-12-16(13-21(17)3)26(23,24)19-2/h1,5-8,12-13,19H,9-11H2,2-3H3,(H,20,22). The number of aryl methyl sites for hydroxylation is 1. The molecule has 0 bridgehead atoms. The molecular weight excluding hydrogens is 354 g/mol. The van der Waals surface area contributed by atoms with Crippen LogP contribution in [0, 0.1) is 12.3 Å². The number of carbonyl (C=O) groups excluding carboxylic acids is 1. The molecule has 0 atom stereocenters. The summed E-state index contributed by atoms with van der Waals surface area (Å²) in [6.45, 7) is 0.639. The van der Waals surface area contributed by atoms with E-state index in [-0.39, 0.29) is 23.1 Å². The molecule has 0 aliphatic carbocycles. The predicted octanol–water partition coefficient (Wildman–Crippen LogP) is 0.918. The smallest absolute Gasteiger partial charge is 0.267 e. The Bertz CT molecular complexity index is 909. The Hall–Kier alpha value is -2.76. The van der Waals surface area contributed by atoms with E-state index in [4.69, 9.17) is 11.2 Å². The van der Waals surface area contributed by atoms with Crippen molar-refractivity contribution in [3.8, 4) is 18.1 Å². The number of nitrogens with zero attached hydrogens (tertiary/aromatic N) is 1. The molecule has 2 rings (SSSR count). The van der Waals surface area contributed by atoms with Gasteiger partial charge in [0.15, 0.2) is 0 Å². The van der Waals surface area contributed by atoms with Gasteiger partial charge in [-0.2, -0.15) is 0 Å². The summed E-state index contributed by atoms with van der Waals surface area (Å²) < 4.78 is 32.6. The molecule has 0 spiro atoms. The third kappa shape index (κ3) is 4.88. The van der Waals surface area contributed by atoms with Crippen LogP contribution >= 0.6 is 0 Å². The number of benzene rings is 1. The van der Waals surface area contributed by atoms with Gasteiger partial charge in [0.1, 0.15) is 22.9 Å². The van der Waals surface area contributed by atoms with E-state index in [9.17, 15) is 13.2 Å². The van der Waals surface area contributed by atoms with E-state index in [0.717, 1.165) is 5.56 Å². The molecule has 1 aromatic heterocycles. The van der Waals surface area contributed by atoms with Crippen LogP contribution in [0.5, 0.6) is 5.75 Å². The van der Waals surface area contributed by atoms with Crippen molar-refractivity contribution >= 4 is 15.9 Å². The van der Waals surface area contributed by atoms with Gasteiger partial charge in [0.2, 0.25) is 10.0 Å². The van der Waals surface area contributed by atoms with Gasteiger partial charge in [-0.1, -0.05) is 18.1 Å². The quantitative estimate of drug-likeness (QED) is 0.672. The molecule has 8 heteroatoms. The summed E-state index contributed by atoms with van der Waals surface area (Å²) in [7, 11) is -0.635. The first kappa shape index (κ1) is 19.6. The van der Waals surface area contributed by atoms with Crippen molar-refractivity contribution in [1.29, 1.82) is 0 Å². The molecule has 0 saturated carbocycles. The monoisotopic (exact) mass is 375 g/mol. The zero-order chi connectivity index (χ0) is 19.2. The number of aromatic nitrogens is 1. The zero-order valence-electron chi connectivity index (χ0n) is 14.7. The van der Waals surface area contributed by atoms with Gasteiger partial charge in [-0.25, -0.2) is 13.1 Å². The Morgan fingerprint density at radius 1 is 1.31 bits per heavy atom. The van der Waals surface area contributed by atoms with Crippen LogP contribution in [-0.4, -0.2) is 39.1 Å². The van der Waals surface area contributed by atoms with Gasteiger partial charge in [0, 0.05) is 19.8 Å². The second kappa shape index (κ2) is 8.56. The zero-order valence-corrected chi connectivity index (χ0v) is 15.5. The van der Waals surface area contributed by atoms with Crippen LogP contribution in [0.25, 0.3) is 0 Å². The fraction of sp³-hybridized carbons (Fsp3) is 0.278. The number of nitrogens with one attached hydrogen (secondary N) is 2. The molecule has 2 N–H and O–H groups in total. The lowest BCUT2D eigenvalue weighted by molar-refractivity contribution is 0.0946. The normalized spacial score (nSPS) is 11.0. The fourth-order valence-corrected chi connectivity index (χ4v) is 3.11. The number of carbonyl (C=O) groups is 1. The SMILES string of the molecule is C#CCOc1ccc(CCNC(=O)c2cc(S(=O)(=O)NC)cn2C)cc1. The molecule has 1 aromatic carbocycles. The number of terminal acetylenes is 1. The summed E-state index contributed by atoms with van der Waals surface area (Å²) in [5, 5.41) is 2.79. The molecule has 26 heavy (non-hydrogen) atoms. The average Bonchev–Trinajstić information content (AvgIpc) is 3.03. The van der Waals surface area contributed by atoms with E-state index < -0.39 is 10.0 Å². The number of ether oxygens (including phenoxy) is 1. The Kier molecular flexibility index (Phi) is 6.44. The molecule has 7 nitrogen and oxygen atoms in total. The molecule has 0 radical (unpaired) electrons. The van der Waals surface area contributed by atoms with Crippen LogP contribution < -0.4 is 14.8 Å². The maximum atomic E-state index is 12.3. The Balaban J connectivity index is 1.92. The summed E-state index contributed by atoms with van der Waals surface area (Å²) in [6.07, 6.45) is 7.17. The minimum absolute atomic E-state index is 0.0511. The summed E-state index contributed by atoms with van der Waals surface area (Å²) in [4.78, 5) is 12.3. The summed E-state index contributed by atoms with van der Waals surface area (Å²) >= 11 is 0. The lowest BCUT2D eigenvalue weighted by Crippen LogP contribution is -2.27. The molecule has 0 saturated heterocycles. The molecule has 0 fully saturated rings. The first-order chi connectivity index (χ1) is 12.4. The highest BCUT2D eigenvalue weighted by Gasteiger charge is 2.18. The molecule has 0 aliphatic rings. The molecule has 0 aliphatic heterocycles. The van der Waals surface area contributed by atoms with Crippen molar-refractivity contribution in [2.24, 2.45) is 7.05 Å². The van der Waals surface area contributed by atoms with Gasteiger partial charge in [0.05, 0.1) is 0 Å². The van der Waals surface area contributed by atoms with Crippen molar-refractivity contribution < 1.29 is 17.9 Å². The average molecular weight is 375 g/mol. The third-order valence-corrected chi connectivity index (χ3v) is 5.12. The predicted molar refractivity (Wildman–Crippen MR) is 98.5 cm³/mol. The van der Waals surface area contributed by atoms with Gasteiger partial charge in [-0.05, 0) is 37.2 Å². The number of hydrogen-bond donors (Lipinski definition) is 2. The number of sulfonamides is 1. The van der Waals surface area contributed by atoms with E-state index in [0.29, 0.717) is 18.7 Å². The first-order valence-electron chi connectivity index (χ1n) is 7.90. The van der Waals surface area contributed by atoms with E-state index in [1.807, 2.05) is 24.3 Å². The van der Waals surface area contributed by atoms with Crippen LogP contribution in [0.4, 0.5) is 0 Å². The highest BCUT2D eigenvalue weighted by molar-refractivity contribution is 7.89. The van der Waals surface area contributed by atoms with E-state index in [1.54, 1.807) is 7.05 Å². The Labute approximate surface area is 153 Å². The second-order valence-electron chi connectivity index (χ2n) is 5.52.